The van der Waals surface area contributed by atoms with E-state index in [1.807, 2.05) is 0 Å². The van der Waals surface area contributed by atoms with E-state index in [0.717, 1.165) is 25.7 Å². The van der Waals surface area contributed by atoms with Gasteiger partial charge in [0.15, 0.2) is 0 Å². The van der Waals surface area contributed by atoms with E-state index in [-0.39, 0.29) is 18.4 Å². The van der Waals surface area contributed by atoms with Crippen LogP contribution in [0.15, 0.2) is 0 Å². The van der Waals surface area contributed by atoms with Crippen molar-refractivity contribution in [3.8, 4) is 0 Å². The standard InChI is InChI=1S/C12H21NO4/c1-17-11(14)8-7-10(12(15)16)13-9-5-3-2-4-6-9/h9-10,13H,2-8H2,1H3,(H,15,16). The number of ether oxygens (including phenoxy) is 1. The first kappa shape index (κ1) is 14.0. The van der Waals surface area contributed by atoms with Crippen molar-refractivity contribution in [1.82, 2.24) is 5.32 Å². The molecule has 0 radical (unpaired) electrons. The minimum atomic E-state index is -0.889. The molecule has 0 spiro atoms. The first-order valence-corrected chi connectivity index (χ1v) is 6.19. The predicted octanol–water partition coefficient (Wildman–Crippen LogP) is 1.32. The molecule has 1 atom stereocenters. The Balaban J connectivity index is 2.36. The molecule has 0 heterocycles. The molecule has 1 aliphatic carbocycles. The molecular weight excluding hydrogens is 222 g/mol. The lowest BCUT2D eigenvalue weighted by Gasteiger charge is -2.26. The van der Waals surface area contributed by atoms with E-state index in [1.165, 1.54) is 13.5 Å². The van der Waals surface area contributed by atoms with Gasteiger partial charge in [0, 0.05) is 12.5 Å². The van der Waals surface area contributed by atoms with Crippen LogP contribution in [0.1, 0.15) is 44.9 Å². The number of hydrogen-bond donors (Lipinski definition) is 2. The Kier molecular flexibility index (Phi) is 5.97. The Morgan fingerprint density at radius 2 is 2.00 bits per heavy atom. The van der Waals surface area contributed by atoms with Crippen LogP contribution < -0.4 is 5.32 Å². The molecule has 0 saturated heterocycles. The number of aliphatic carboxylic acids is 1. The second kappa shape index (κ2) is 7.27. The number of carbonyl (C=O) groups excluding carboxylic acids is 1. The highest BCUT2D eigenvalue weighted by Gasteiger charge is 2.23. The normalized spacial score (nSPS) is 18.6. The maximum Gasteiger partial charge on any atom is 0.320 e. The topological polar surface area (TPSA) is 75.6 Å². The quantitative estimate of drug-likeness (QED) is 0.688. The van der Waals surface area contributed by atoms with Crippen LogP contribution >= 0.6 is 0 Å². The zero-order valence-electron chi connectivity index (χ0n) is 10.3. The van der Waals surface area contributed by atoms with Gasteiger partial charge in [-0.25, -0.2) is 0 Å². The number of carboxylic acids is 1. The molecule has 0 aromatic carbocycles. The monoisotopic (exact) mass is 243 g/mol. The fourth-order valence-corrected chi connectivity index (χ4v) is 2.20. The highest BCUT2D eigenvalue weighted by Crippen LogP contribution is 2.18. The van der Waals surface area contributed by atoms with Gasteiger partial charge >= 0.3 is 11.9 Å². The number of rotatable bonds is 6. The van der Waals surface area contributed by atoms with E-state index in [0.29, 0.717) is 6.42 Å². The Morgan fingerprint density at radius 1 is 1.35 bits per heavy atom. The summed E-state index contributed by atoms with van der Waals surface area (Å²) in [7, 11) is 1.31. The Hall–Kier alpha value is -1.10. The van der Waals surface area contributed by atoms with Crippen LogP contribution in [0.4, 0.5) is 0 Å². The summed E-state index contributed by atoms with van der Waals surface area (Å²) < 4.78 is 4.51. The molecule has 0 aromatic rings. The Morgan fingerprint density at radius 3 is 2.53 bits per heavy atom. The molecule has 1 rings (SSSR count). The zero-order valence-corrected chi connectivity index (χ0v) is 10.3. The molecule has 0 aliphatic heterocycles. The molecule has 1 fully saturated rings. The van der Waals surface area contributed by atoms with Gasteiger partial charge in [-0.3, -0.25) is 9.59 Å². The summed E-state index contributed by atoms with van der Waals surface area (Å²) in [6.45, 7) is 0. The van der Waals surface area contributed by atoms with E-state index in [1.54, 1.807) is 0 Å². The van der Waals surface area contributed by atoms with Crippen molar-refractivity contribution < 1.29 is 19.4 Å². The van der Waals surface area contributed by atoms with Crippen molar-refractivity contribution in [2.75, 3.05) is 7.11 Å². The predicted molar refractivity (Wildman–Crippen MR) is 62.7 cm³/mol. The van der Waals surface area contributed by atoms with Crippen LogP contribution in [0.3, 0.4) is 0 Å². The lowest BCUT2D eigenvalue weighted by molar-refractivity contribution is -0.142. The smallest absolute Gasteiger partial charge is 0.320 e. The van der Waals surface area contributed by atoms with Crippen LogP contribution in [0.5, 0.6) is 0 Å². The van der Waals surface area contributed by atoms with Crippen LogP contribution in [0.2, 0.25) is 0 Å². The number of esters is 1. The van der Waals surface area contributed by atoms with Gasteiger partial charge in [0.05, 0.1) is 7.11 Å². The summed E-state index contributed by atoms with van der Waals surface area (Å²) in [5.41, 5.74) is 0. The molecule has 5 heteroatoms. The van der Waals surface area contributed by atoms with Crippen molar-refractivity contribution in [3.05, 3.63) is 0 Å². The summed E-state index contributed by atoms with van der Waals surface area (Å²) in [4.78, 5) is 22.0. The summed E-state index contributed by atoms with van der Waals surface area (Å²) in [5, 5.41) is 12.2. The van der Waals surface area contributed by atoms with Crippen molar-refractivity contribution in [1.29, 1.82) is 0 Å². The first-order valence-electron chi connectivity index (χ1n) is 6.19. The molecule has 17 heavy (non-hydrogen) atoms. The van der Waals surface area contributed by atoms with Gasteiger partial charge in [0.1, 0.15) is 6.04 Å². The molecule has 0 aromatic heterocycles. The summed E-state index contributed by atoms with van der Waals surface area (Å²) in [6, 6.07) is -0.361. The van der Waals surface area contributed by atoms with Gasteiger partial charge in [-0.1, -0.05) is 19.3 Å². The van der Waals surface area contributed by atoms with Crippen molar-refractivity contribution >= 4 is 11.9 Å². The van der Waals surface area contributed by atoms with Crippen LogP contribution in [0, 0.1) is 0 Å². The number of carbonyl (C=O) groups is 2. The van der Waals surface area contributed by atoms with Gasteiger partial charge in [-0.15, -0.1) is 0 Å². The van der Waals surface area contributed by atoms with Gasteiger partial charge < -0.3 is 15.2 Å². The summed E-state index contributed by atoms with van der Waals surface area (Å²) in [6.07, 6.45) is 6.04. The van der Waals surface area contributed by atoms with E-state index in [2.05, 4.69) is 10.1 Å². The fourth-order valence-electron chi connectivity index (χ4n) is 2.20. The zero-order chi connectivity index (χ0) is 12.7. The van der Waals surface area contributed by atoms with Gasteiger partial charge in [0.2, 0.25) is 0 Å². The number of methoxy groups -OCH3 is 1. The van der Waals surface area contributed by atoms with E-state index >= 15 is 0 Å². The largest absolute Gasteiger partial charge is 0.480 e. The highest BCUT2D eigenvalue weighted by molar-refractivity contribution is 5.75. The molecule has 5 nitrogen and oxygen atoms in total. The van der Waals surface area contributed by atoms with E-state index in [4.69, 9.17) is 5.11 Å². The fraction of sp³-hybridized carbons (Fsp3) is 0.833. The average Bonchev–Trinajstić information content (AvgIpc) is 2.34. The van der Waals surface area contributed by atoms with Gasteiger partial charge in [-0.2, -0.15) is 0 Å². The summed E-state index contributed by atoms with van der Waals surface area (Å²) in [5.74, 6) is -1.25. The first-order chi connectivity index (χ1) is 8.13. The third-order valence-corrected chi connectivity index (χ3v) is 3.20. The van der Waals surface area contributed by atoms with Crippen LogP contribution in [0.25, 0.3) is 0 Å². The van der Waals surface area contributed by atoms with Crippen LogP contribution in [-0.4, -0.2) is 36.2 Å². The second-order valence-electron chi connectivity index (χ2n) is 4.51. The minimum absolute atomic E-state index is 0.146. The molecular formula is C12H21NO4. The van der Waals surface area contributed by atoms with Crippen molar-refractivity contribution in [3.63, 3.8) is 0 Å². The molecule has 1 aliphatic rings. The minimum Gasteiger partial charge on any atom is -0.480 e. The summed E-state index contributed by atoms with van der Waals surface area (Å²) >= 11 is 0. The van der Waals surface area contributed by atoms with Crippen molar-refractivity contribution in [2.45, 2.75) is 57.0 Å². The van der Waals surface area contributed by atoms with E-state index in [9.17, 15) is 9.59 Å². The average molecular weight is 243 g/mol. The third kappa shape index (κ3) is 5.17. The molecule has 0 amide bonds. The highest BCUT2D eigenvalue weighted by atomic mass is 16.5. The number of carboxylic acid groups (broad SMARTS) is 1. The number of hydrogen-bond acceptors (Lipinski definition) is 4. The van der Waals surface area contributed by atoms with Crippen LogP contribution in [-0.2, 0) is 14.3 Å². The molecule has 98 valence electrons. The Labute approximate surface area is 102 Å². The SMILES string of the molecule is COC(=O)CCC(NC1CCCCC1)C(=O)O. The maximum absolute atomic E-state index is 11.1. The third-order valence-electron chi connectivity index (χ3n) is 3.20. The molecule has 2 N–H and O–H groups in total. The lowest BCUT2D eigenvalue weighted by atomic mass is 9.94. The van der Waals surface area contributed by atoms with Gasteiger partial charge in [-0.05, 0) is 19.3 Å². The van der Waals surface area contributed by atoms with Gasteiger partial charge in [0.25, 0.3) is 0 Å². The lowest BCUT2D eigenvalue weighted by Crippen LogP contribution is -2.44. The molecule has 0 bridgehead atoms. The van der Waals surface area contributed by atoms with E-state index < -0.39 is 12.0 Å². The molecule has 1 unspecified atom stereocenters. The second-order valence-corrected chi connectivity index (χ2v) is 4.51. The van der Waals surface area contributed by atoms with Crippen molar-refractivity contribution in [2.24, 2.45) is 0 Å². The Bertz CT molecular complexity index is 261. The number of nitrogens with one attached hydrogen (secondary N) is 1. The molecule has 1 saturated carbocycles. The maximum atomic E-state index is 11.1.